The van der Waals surface area contributed by atoms with Gasteiger partial charge in [-0.25, -0.2) is 13.0 Å². The van der Waals surface area contributed by atoms with E-state index >= 15 is 0 Å². The standard InChI is InChI=1S/C20H29FN2O3S/c1-16(7-8-17-5-3-4-6-18(17)21)19(24)23-11-12-26-20(15-23)9-13-27(25,22-2)14-10-20/h3-6,16H,7-15H2,1-2H3. The second kappa shape index (κ2) is 8.27. The first kappa shape index (κ1) is 20.3. The first-order chi connectivity index (χ1) is 12.9. The molecule has 5 nitrogen and oxygen atoms in total. The minimum absolute atomic E-state index is 0.0977. The first-order valence-electron chi connectivity index (χ1n) is 9.63. The van der Waals surface area contributed by atoms with Gasteiger partial charge < -0.3 is 9.64 Å². The van der Waals surface area contributed by atoms with Crippen LogP contribution in [0, 0.1) is 11.7 Å². The Bertz CT molecular complexity index is 790. The number of hydrogen-bond donors (Lipinski definition) is 0. The van der Waals surface area contributed by atoms with Crippen molar-refractivity contribution in [3.63, 3.8) is 0 Å². The number of hydrogen-bond acceptors (Lipinski definition) is 4. The monoisotopic (exact) mass is 396 g/mol. The third-order valence-corrected chi connectivity index (χ3v) is 8.22. The molecular formula is C20H29FN2O3S. The lowest BCUT2D eigenvalue weighted by atomic mass is 9.93. The Hall–Kier alpha value is -1.47. The summed E-state index contributed by atoms with van der Waals surface area (Å²) in [5.74, 6) is 0.788. The van der Waals surface area contributed by atoms with Gasteiger partial charge in [-0.2, -0.15) is 0 Å². The van der Waals surface area contributed by atoms with E-state index in [1.54, 1.807) is 19.2 Å². The number of aryl methyl sites for hydroxylation is 1. The average molecular weight is 397 g/mol. The summed E-state index contributed by atoms with van der Waals surface area (Å²) in [5, 5.41) is 0. The molecule has 0 aliphatic carbocycles. The molecule has 1 spiro atoms. The van der Waals surface area contributed by atoms with Crippen LogP contribution in [0.5, 0.6) is 0 Å². The van der Waals surface area contributed by atoms with Crippen molar-refractivity contribution in [2.75, 3.05) is 38.2 Å². The smallest absolute Gasteiger partial charge is 0.225 e. The van der Waals surface area contributed by atoms with Gasteiger partial charge in [0.15, 0.2) is 0 Å². The number of nitrogens with zero attached hydrogens (tertiary/aromatic N) is 2. The molecule has 0 saturated carbocycles. The summed E-state index contributed by atoms with van der Waals surface area (Å²) in [6.45, 7) is 3.55. The molecule has 1 aromatic rings. The molecular weight excluding hydrogens is 367 g/mol. The van der Waals surface area contributed by atoms with Crippen molar-refractivity contribution in [2.24, 2.45) is 10.3 Å². The Morgan fingerprint density at radius 2 is 2.07 bits per heavy atom. The van der Waals surface area contributed by atoms with Crippen molar-refractivity contribution in [3.8, 4) is 0 Å². The number of amides is 1. The van der Waals surface area contributed by atoms with Crippen molar-refractivity contribution in [1.29, 1.82) is 0 Å². The maximum Gasteiger partial charge on any atom is 0.225 e. The van der Waals surface area contributed by atoms with Crippen LogP contribution in [0.4, 0.5) is 4.39 Å². The molecule has 1 aromatic carbocycles. The molecule has 1 atom stereocenters. The van der Waals surface area contributed by atoms with Crippen LogP contribution in [0.15, 0.2) is 28.6 Å². The van der Waals surface area contributed by atoms with Gasteiger partial charge in [0.05, 0.1) is 12.2 Å². The van der Waals surface area contributed by atoms with E-state index in [1.807, 2.05) is 17.9 Å². The SMILES string of the molecule is CN=S1(=O)CCC2(CC1)CN(C(=O)C(C)CCc1ccccc1F)CCO2. The highest BCUT2D eigenvalue weighted by Crippen LogP contribution is 2.32. The van der Waals surface area contributed by atoms with Crippen molar-refractivity contribution < 1.29 is 18.1 Å². The Labute approximate surface area is 161 Å². The van der Waals surface area contributed by atoms with Crippen molar-refractivity contribution >= 4 is 15.6 Å². The third kappa shape index (κ3) is 4.69. The molecule has 0 N–H and O–H groups in total. The molecule has 2 saturated heterocycles. The van der Waals surface area contributed by atoms with E-state index in [9.17, 15) is 13.4 Å². The Kier molecular flexibility index (Phi) is 6.21. The van der Waals surface area contributed by atoms with E-state index in [0.29, 0.717) is 62.4 Å². The fourth-order valence-corrected chi connectivity index (χ4v) is 5.90. The average Bonchev–Trinajstić information content (AvgIpc) is 2.69. The van der Waals surface area contributed by atoms with Gasteiger partial charge in [-0.3, -0.25) is 4.79 Å². The van der Waals surface area contributed by atoms with Gasteiger partial charge in [0.1, 0.15) is 5.82 Å². The van der Waals surface area contributed by atoms with Crippen LogP contribution in [0.3, 0.4) is 0 Å². The Morgan fingerprint density at radius 1 is 1.37 bits per heavy atom. The molecule has 0 bridgehead atoms. The molecule has 1 amide bonds. The Morgan fingerprint density at radius 3 is 2.74 bits per heavy atom. The van der Waals surface area contributed by atoms with Crippen LogP contribution >= 0.6 is 0 Å². The number of benzene rings is 1. The first-order valence-corrected chi connectivity index (χ1v) is 11.5. The highest BCUT2D eigenvalue weighted by Gasteiger charge is 2.42. The largest absolute Gasteiger partial charge is 0.371 e. The molecule has 2 heterocycles. The summed E-state index contributed by atoms with van der Waals surface area (Å²) in [7, 11) is -0.475. The lowest BCUT2D eigenvalue weighted by Gasteiger charge is -2.45. The van der Waals surface area contributed by atoms with Crippen LogP contribution in [-0.2, 0) is 25.7 Å². The summed E-state index contributed by atoms with van der Waals surface area (Å²) < 4.78 is 36.3. The van der Waals surface area contributed by atoms with Crippen LogP contribution in [0.1, 0.15) is 31.7 Å². The predicted octanol–water partition coefficient (Wildman–Crippen LogP) is 2.88. The summed E-state index contributed by atoms with van der Waals surface area (Å²) in [5.41, 5.74) is 0.270. The highest BCUT2D eigenvalue weighted by atomic mass is 32.2. The van der Waals surface area contributed by atoms with Gasteiger partial charge in [0.2, 0.25) is 5.91 Å². The second-order valence-corrected chi connectivity index (χ2v) is 10.4. The normalized spacial score (nSPS) is 29.5. The van der Waals surface area contributed by atoms with E-state index < -0.39 is 9.73 Å². The second-order valence-electron chi connectivity index (χ2n) is 7.69. The Balaban J connectivity index is 1.58. The molecule has 150 valence electrons. The summed E-state index contributed by atoms with van der Waals surface area (Å²) in [4.78, 5) is 14.8. The summed E-state index contributed by atoms with van der Waals surface area (Å²) in [6, 6.07) is 6.72. The van der Waals surface area contributed by atoms with Gasteiger partial charge >= 0.3 is 0 Å². The molecule has 2 aliphatic heterocycles. The quantitative estimate of drug-likeness (QED) is 0.786. The lowest BCUT2D eigenvalue weighted by Crippen LogP contribution is -2.57. The highest BCUT2D eigenvalue weighted by molar-refractivity contribution is 7.93. The number of carbonyl (C=O) groups is 1. The number of ether oxygens (including phenoxy) is 1. The van der Waals surface area contributed by atoms with Crippen molar-refractivity contribution in [2.45, 2.75) is 38.2 Å². The molecule has 2 aliphatic rings. The zero-order chi connectivity index (χ0) is 19.5. The summed E-state index contributed by atoms with van der Waals surface area (Å²) >= 11 is 0. The van der Waals surface area contributed by atoms with Gasteiger partial charge in [0.25, 0.3) is 0 Å². The van der Waals surface area contributed by atoms with Crippen LogP contribution in [0.2, 0.25) is 0 Å². The minimum atomic E-state index is -2.09. The lowest BCUT2D eigenvalue weighted by molar-refractivity contribution is -0.155. The molecule has 7 heteroatoms. The fourth-order valence-electron chi connectivity index (χ4n) is 3.94. The number of halogens is 1. The maximum absolute atomic E-state index is 13.8. The van der Waals surface area contributed by atoms with Gasteiger partial charge in [-0.05, 0) is 37.3 Å². The summed E-state index contributed by atoms with van der Waals surface area (Å²) in [6.07, 6.45) is 2.52. The van der Waals surface area contributed by atoms with Crippen LogP contribution < -0.4 is 0 Å². The molecule has 27 heavy (non-hydrogen) atoms. The van der Waals surface area contributed by atoms with E-state index in [4.69, 9.17) is 4.74 Å². The molecule has 1 unspecified atom stereocenters. The van der Waals surface area contributed by atoms with E-state index in [2.05, 4.69) is 4.36 Å². The van der Waals surface area contributed by atoms with Gasteiger partial charge in [-0.15, -0.1) is 0 Å². The molecule has 3 rings (SSSR count). The zero-order valence-corrected chi connectivity index (χ0v) is 17.0. The van der Waals surface area contributed by atoms with E-state index in [-0.39, 0.29) is 23.2 Å². The van der Waals surface area contributed by atoms with Crippen molar-refractivity contribution in [3.05, 3.63) is 35.6 Å². The fraction of sp³-hybridized carbons (Fsp3) is 0.650. The minimum Gasteiger partial charge on any atom is -0.371 e. The van der Waals surface area contributed by atoms with Crippen LogP contribution in [0.25, 0.3) is 0 Å². The zero-order valence-electron chi connectivity index (χ0n) is 16.2. The number of morpholine rings is 1. The predicted molar refractivity (Wildman–Crippen MR) is 105 cm³/mol. The van der Waals surface area contributed by atoms with E-state index in [1.165, 1.54) is 6.07 Å². The van der Waals surface area contributed by atoms with Crippen molar-refractivity contribution in [1.82, 2.24) is 4.90 Å². The topological polar surface area (TPSA) is 59.0 Å². The number of rotatable bonds is 4. The maximum atomic E-state index is 13.8. The van der Waals surface area contributed by atoms with Gasteiger partial charge in [0, 0.05) is 47.3 Å². The molecule has 0 aromatic heterocycles. The molecule has 0 radical (unpaired) electrons. The van der Waals surface area contributed by atoms with Gasteiger partial charge in [-0.1, -0.05) is 25.1 Å². The number of carbonyl (C=O) groups excluding carboxylic acids is 1. The molecule has 2 fully saturated rings. The van der Waals surface area contributed by atoms with E-state index in [0.717, 1.165) is 0 Å². The van der Waals surface area contributed by atoms with Crippen LogP contribution in [-0.4, -0.2) is 58.9 Å². The third-order valence-electron chi connectivity index (χ3n) is 5.87.